The van der Waals surface area contributed by atoms with Crippen molar-refractivity contribution < 1.29 is 9.90 Å². The van der Waals surface area contributed by atoms with Crippen molar-refractivity contribution in [3.8, 4) is 11.5 Å². The predicted octanol–water partition coefficient (Wildman–Crippen LogP) is 2.94. The van der Waals surface area contributed by atoms with Gasteiger partial charge in [0.2, 0.25) is 0 Å². The maximum atomic E-state index is 11.0. The summed E-state index contributed by atoms with van der Waals surface area (Å²) >= 11 is 1.72. The van der Waals surface area contributed by atoms with Crippen molar-refractivity contribution in [3.63, 3.8) is 0 Å². The fraction of sp³-hybridized carbons (Fsp3) is 0.389. The summed E-state index contributed by atoms with van der Waals surface area (Å²) in [6.07, 6.45) is 9.43. The fourth-order valence-electron chi connectivity index (χ4n) is 3.31. The van der Waals surface area contributed by atoms with E-state index in [1.165, 1.54) is 23.3 Å². The summed E-state index contributed by atoms with van der Waals surface area (Å²) in [7, 11) is 1.89. The van der Waals surface area contributed by atoms with Gasteiger partial charge < -0.3 is 10.0 Å². The molecule has 3 aromatic rings. The number of rotatable bonds is 5. The predicted molar refractivity (Wildman–Crippen MR) is 101 cm³/mol. The maximum absolute atomic E-state index is 11.0. The number of aromatic nitrogens is 4. The normalized spacial score (nSPS) is 13.6. The fourth-order valence-corrected chi connectivity index (χ4v) is 4.57. The first kappa shape index (κ1) is 16.8. The second kappa shape index (κ2) is 6.95. The number of carboxylic acid groups (broad SMARTS) is 1. The van der Waals surface area contributed by atoms with Gasteiger partial charge in [0.25, 0.3) is 0 Å². The number of hydrogen-bond acceptors (Lipinski definition) is 7. The lowest BCUT2D eigenvalue weighted by atomic mass is 9.97. The van der Waals surface area contributed by atoms with E-state index in [1.807, 2.05) is 11.9 Å². The van der Waals surface area contributed by atoms with Crippen LogP contribution in [0.1, 0.15) is 29.7 Å². The molecule has 7 nitrogen and oxygen atoms in total. The van der Waals surface area contributed by atoms with Crippen LogP contribution >= 0.6 is 11.3 Å². The van der Waals surface area contributed by atoms with Crippen molar-refractivity contribution in [3.05, 3.63) is 29.0 Å². The summed E-state index contributed by atoms with van der Waals surface area (Å²) < 4.78 is 0. The highest BCUT2D eigenvalue weighted by atomic mass is 32.1. The molecule has 1 aliphatic carbocycles. The van der Waals surface area contributed by atoms with Crippen LogP contribution in [-0.2, 0) is 17.6 Å². The van der Waals surface area contributed by atoms with E-state index in [4.69, 9.17) is 15.1 Å². The molecule has 0 unspecified atom stereocenters. The molecule has 0 saturated heterocycles. The number of aliphatic carboxylic acids is 1. The second-order valence-corrected chi connectivity index (χ2v) is 7.50. The van der Waals surface area contributed by atoms with Gasteiger partial charge in [0.1, 0.15) is 16.3 Å². The first-order valence-corrected chi connectivity index (χ1v) is 9.46. The summed E-state index contributed by atoms with van der Waals surface area (Å²) in [6, 6.07) is 0. The topological polar surface area (TPSA) is 92.1 Å². The van der Waals surface area contributed by atoms with Crippen molar-refractivity contribution in [1.29, 1.82) is 0 Å². The second-order valence-electron chi connectivity index (χ2n) is 6.42. The zero-order valence-corrected chi connectivity index (χ0v) is 15.3. The van der Waals surface area contributed by atoms with Gasteiger partial charge >= 0.3 is 5.97 Å². The molecular weight excluding hydrogens is 350 g/mol. The molecule has 0 bridgehead atoms. The molecule has 134 valence electrons. The van der Waals surface area contributed by atoms with Crippen LogP contribution in [0.4, 0.5) is 5.82 Å². The van der Waals surface area contributed by atoms with E-state index in [9.17, 15) is 4.79 Å². The van der Waals surface area contributed by atoms with Gasteiger partial charge in [-0.1, -0.05) is 0 Å². The summed E-state index contributed by atoms with van der Waals surface area (Å²) in [6.45, 7) is 0.395. The zero-order chi connectivity index (χ0) is 18.1. The number of anilines is 1. The molecule has 26 heavy (non-hydrogen) atoms. The van der Waals surface area contributed by atoms with Crippen LogP contribution in [0.5, 0.6) is 0 Å². The van der Waals surface area contributed by atoms with Gasteiger partial charge in [-0.15, -0.1) is 11.3 Å². The minimum absolute atomic E-state index is 0.0643. The Labute approximate surface area is 154 Å². The molecule has 0 amide bonds. The zero-order valence-electron chi connectivity index (χ0n) is 14.5. The molecule has 0 aliphatic heterocycles. The standard InChI is InChI=1S/C18H19N5O2S/c1-23(9-6-14(24)25)17-15-11-4-2-3-5-13(11)26-18(15)22-16(21-17)12-10-19-7-8-20-12/h7-8,10H,2-6,9H2,1H3,(H,24,25). The molecule has 4 rings (SSSR count). The molecule has 0 fully saturated rings. The minimum Gasteiger partial charge on any atom is -0.481 e. The van der Waals surface area contributed by atoms with Crippen molar-refractivity contribution in [1.82, 2.24) is 19.9 Å². The third kappa shape index (κ3) is 3.12. The van der Waals surface area contributed by atoms with E-state index in [-0.39, 0.29) is 6.42 Å². The monoisotopic (exact) mass is 369 g/mol. The van der Waals surface area contributed by atoms with E-state index < -0.39 is 5.97 Å². The molecular formula is C18H19N5O2S. The van der Waals surface area contributed by atoms with E-state index in [0.29, 0.717) is 18.1 Å². The Morgan fingerprint density at radius 3 is 2.88 bits per heavy atom. The Morgan fingerprint density at radius 1 is 1.27 bits per heavy atom. The molecule has 0 radical (unpaired) electrons. The first-order valence-electron chi connectivity index (χ1n) is 8.65. The number of nitrogens with zero attached hydrogens (tertiary/aromatic N) is 5. The van der Waals surface area contributed by atoms with Crippen molar-refractivity contribution in [2.24, 2.45) is 0 Å². The molecule has 0 spiro atoms. The molecule has 0 aromatic carbocycles. The largest absolute Gasteiger partial charge is 0.481 e. The van der Waals surface area contributed by atoms with Crippen molar-refractivity contribution in [2.45, 2.75) is 32.1 Å². The highest BCUT2D eigenvalue weighted by Crippen LogP contribution is 2.40. The molecule has 8 heteroatoms. The Hall–Kier alpha value is -2.61. The van der Waals surface area contributed by atoms with Crippen LogP contribution in [0.2, 0.25) is 0 Å². The Balaban J connectivity index is 1.87. The van der Waals surface area contributed by atoms with Gasteiger partial charge in [-0.25, -0.2) is 15.0 Å². The van der Waals surface area contributed by atoms with Crippen LogP contribution in [0.15, 0.2) is 18.6 Å². The van der Waals surface area contributed by atoms with Gasteiger partial charge in [-0.05, 0) is 31.2 Å². The molecule has 1 N–H and O–H groups in total. The van der Waals surface area contributed by atoms with Crippen LogP contribution in [0.25, 0.3) is 21.7 Å². The van der Waals surface area contributed by atoms with E-state index in [0.717, 1.165) is 28.9 Å². The lowest BCUT2D eigenvalue weighted by Crippen LogP contribution is -2.23. The third-order valence-corrected chi connectivity index (χ3v) is 5.80. The molecule has 3 aromatic heterocycles. The van der Waals surface area contributed by atoms with Crippen molar-refractivity contribution >= 4 is 33.3 Å². The summed E-state index contributed by atoms with van der Waals surface area (Å²) in [5, 5.41) is 10.1. The van der Waals surface area contributed by atoms with Crippen LogP contribution in [0, 0.1) is 0 Å². The quantitative estimate of drug-likeness (QED) is 0.739. The summed E-state index contributed by atoms with van der Waals surface area (Å²) in [4.78, 5) is 33.2. The van der Waals surface area contributed by atoms with Gasteiger partial charge in [0.05, 0.1) is 18.0 Å². The van der Waals surface area contributed by atoms with Crippen LogP contribution in [0.3, 0.4) is 0 Å². The number of thiophene rings is 1. The number of hydrogen-bond donors (Lipinski definition) is 1. The van der Waals surface area contributed by atoms with Gasteiger partial charge in [0.15, 0.2) is 5.82 Å². The summed E-state index contributed by atoms with van der Waals surface area (Å²) in [5.41, 5.74) is 1.95. The SMILES string of the molecule is CN(CCC(=O)O)c1nc(-c2cnccn2)nc2sc3c(c12)CCCC3. The lowest BCUT2D eigenvalue weighted by molar-refractivity contribution is -0.136. The van der Waals surface area contributed by atoms with Crippen LogP contribution < -0.4 is 4.90 Å². The molecule has 0 saturated carbocycles. The maximum Gasteiger partial charge on any atom is 0.305 e. The minimum atomic E-state index is -0.816. The smallest absolute Gasteiger partial charge is 0.305 e. The number of aryl methyl sites for hydroxylation is 2. The van der Waals surface area contributed by atoms with Gasteiger partial charge in [-0.3, -0.25) is 9.78 Å². The van der Waals surface area contributed by atoms with Gasteiger partial charge in [0, 0.05) is 30.9 Å². The average molecular weight is 369 g/mol. The van der Waals surface area contributed by atoms with Gasteiger partial charge in [-0.2, -0.15) is 0 Å². The molecule has 1 aliphatic rings. The first-order chi connectivity index (χ1) is 12.6. The highest BCUT2D eigenvalue weighted by Gasteiger charge is 2.23. The molecule has 3 heterocycles. The highest BCUT2D eigenvalue weighted by molar-refractivity contribution is 7.19. The summed E-state index contributed by atoms with van der Waals surface area (Å²) in [5.74, 6) is 0.501. The van der Waals surface area contributed by atoms with Crippen LogP contribution in [-0.4, -0.2) is 44.6 Å². The number of fused-ring (bicyclic) bond motifs is 3. The molecule has 0 atom stereocenters. The van der Waals surface area contributed by atoms with E-state index in [1.54, 1.807) is 29.9 Å². The third-order valence-electron chi connectivity index (χ3n) is 4.61. The Bertz CT molecular complexity index is 957. The van der Waals surface area contributed by atoms with E-state index in [2.05, 4.69) is 9.97 Å². The Kier molecular flexibility index (Phi) is 4.50. The van der Waals surface area contributed by atoms with Crippen molar-refractivity contribution in [2.75, 3.05) is 18.5 Å². The van der Waals surface area contributed by atoms with E-state index >= 15 is 0 Å². The lowest BCUT2D eigenvalue weighted by Gasteiger charge is -2.20. The number of carboxylic acids is 1. The average Bonchev–Trinajstić information content (AvgIpc) is 3.04. The number of carbonyl (C=O) groups is 1. The Morgan fingerprint density at radius 2 is 2.12 bits per heavy atom.